The van der Waals surface area contributed by atoms with Crippen molar-refractivity contribution in [3.8, 4) is 11.5 Å². The van der Waals surface area contributed by atoms with Crippen molar-refractivity contribution in [2.24, 2.45) is 0 Å². The summed E-state index contributed by atoms with van der Waals surface area (Å²) in [6.45, 7) is -0.822. The molecule has 0 radical (unpaired) electrons. The van der Waals surface area contributed by atoms with E-state index in [0.29, 0.717) is 61.0 Å². The number of carbonyl (C=O) groups excluding carboxylic acids is 5. The number of aryl methyl sites for hydroxylation is 2. The lowest BCUT2D eigenvalue weighted by Gasteiger charge is -2.33. The number of hydrogen-bond acceptors (Lipinski definition) is 20. The molecule has 3 unspecified atom stereocenters. The van der Waals surface area contributed by atoms with Gasteiger partial charge in [-0.15, -0.1) is 0 Å². The minimum absolute atomic E-state index is 0.0279. The summed E-state index contributed by atoms with van der Waals surface area (Å²) in [6, 6.07) is 7.19. The van der Waals surface area contributed by atoms with E-state index in [0.717, 1.165) is 74.0 Å². The van der Waals surface area contributed by atoms with Crippen molar-refractivity contribution in [3.05, 3.63) is 86.4 Å². The fraction of sp³-hybridized carbons (Fsp3) is 0.541. The standard InChI is InChI=1S/C74H96N10O26/c1-3-76-24-8-12-45-34-50-57(37-55(45)76)110-58-38-56-46(13-9-25-77(56)4-2)35-51(58)69(50)49-36-47(15-16-48(49)71(102)103)70(101)75-23-7-5-6-14-59(85)78-26-10-27-80(61(87)21-18-53(73(106)107)83(41-65(93)94)42-66(95)96)32-33-81(62(88)22-19-54(74(108)109)84(43-67(97)98)44-68(99)100)29-11-28-79(31-30-78)60(86)20-17-52(72(104)105)82(39-63(89)90)40-64(91)92/h15-16,34-38,52-54H,3-14,17-33,39-44H2,1-2H3,(H10-,75,89,90,91,92,93,94,95,96,97,98,99,100,101,102,103,104,105,106,107,108,109)/p+1. The van der Waals surface area contributed by atoms with Crippen LogP contribution in [0.15, 0.2) is 42.5 Å². The molecule has 0 aromatic heterocycles. The average molecular weight is 1540 g/mol. The molecule has 0 spiro atoms. The molecule has 7 rings (SSSR count). The van der Waals surface area contributed by atoms with Crippen molar-refractivity contribution >= 4 is 100 Å². The topological polar surface area (TPSA) is 509 Å². The van der Waals surface area contributed by atoms with E-state index in [4.69, 9.17) is 4.74 Å². The number of nitrogens with zero attached hydrogens (tertiary/aromatic N) is 9. The summed E-state index contributed by atoms with van der Waals surface area (Å²) in [7, 11) is 0. The Hall–Kier alpha value is -11.1. The molecule has 1 saturated heterocycles. The van der Waals surface area contributed by atoms with Gasteiger partial charge in [-0.25, -0.2) is 9.37 Å². The van der Waals surface area contributed by atoms with Crippen LogP contribution in [0.2, 0.25) is 0 Å². The highest BCUT2D eigenvalue weighted by Gasteiger charge is 2.36. The molecular formula is C74H97N10O26+. The molecule has 110 heavy (non-hydrogen) atoms. The van der Waals surface area contributed by atoms with Crippen LogP contribution >= 0.6 is 0 Å². The monoisotopic (exact) mass is 1540 g/mol. The molecule has 3 atom stereocenters. The number of benzene rings is 3. The predicted octanol–water partition coefficient (Wildman–Crippen LogP) is 0.480. The number of aromatic carboxylic acids is 1. The zero-order valence-electron chi connectivity index (χ0n) is 61.6. The van der Waals surface area contributed by atoms with Crippen molar-refractivity contribution in [1.82, 2.24) is 44.2 Å². The third kappa shape index (κ3) is 24.2. The molecule has 4 aliphatic rings. The molecule has 11 N–H and O–H groups in total. The van der Waals surface area contributed by atoms with E-state index in [1.807, 2.05) is 12.1 Å². The number of fused-ring (bicyclic) bond motifs is 4. The third-order valence-electron chi connectivity index (χ3n) is 20.0. The molecule has 598 valence electrons. The number of carboxylic acids is 10. The molecule has 1 fully saturated rings. The second kappa shape index (κ2) is 40.9. The van der Waals surface area contributed by atoms with Gasteiger partial charge in [-0.2, -0.15) is 0 Å². The summed E-state index contributed by atoms with van der Waals surface area (Å²) in [6.07, 6.45) is 0.332. The Kier molecular flexibility index (Phi) is 32.0. The first-order valence-corrected chi connectivity index (χ1v) is 36.7. The third-order valence-corrected chi connectivity index (χ3v) is 20.0. The Balaban J connectivity index is 1.13. The van der Waals surface area contributed by atoms with Crippen LogP contribution in [0, 0.1) is 0 Å². The number of anilines is 1. The number of carbonyl (C=O) groups is 15. The fourth-order valence-electron chi connectivity index (χ4n) is 14.6. The van der Waals surface area contributed by atoms with Gasteiger partial charge in [0.15, 0.2) is 0 Å². The van der Waals surface area contributed by atoms with Crippen LogP contribution in [0.25, 0.3) is 5.57 Å². The van der Waals surface area contributed by atoms with Crippen molar-refractivity contribution in [1.29, 1.82) is 0 Å². The summed E-state index contributed by atoms with van der Waals surface area (Å²) >= 11 is 0. The quantitative estimate of drug-likeness (QED) is 0.0215. The van der Waals surface area contributed by atoms with E-state index < -0.39 is 185 Å². The van der Waals surface area contributed by atoms with Gasteiger partial charge in [-0.05, 0) is 120 Å². The van der Waals surface area contributed by atoms with E-state index in [9.17, 15) is 123 Å². The minimum atomic E-state index is -1.83. The van der Waals surface area contributed by atoms with Gasteiger partial charge in [0.1, 0.15) is 42.7 Å². The normalized spacial score (nSPS) is 15.6. The van der Waals surface area contributed by atoms with Crippen LogP contribution in [0.3, 0.4) is 0 Å². The molecule has 0 bridgehead atoms. The molecule has 36 heteroatoms. The van der Waals surface area contributed by atoms with Crippen molar-refractivity contribution in [3.63, 3.8) is 0 Å². The molecular weight excluding hydrogens is 1440 g/mol. The smallest absolute Gasteiger partial charge is 0.336 e. The maximum absolute atomic E-state index is 14.5. The van der Waals surface area contributed by atoms with E-state index >= 15 is 0 Å². The first-order valence-electron chi connectivity index (χ1n) is 36.7. The van der Waals surface area contributed by atoms with Gasteiger partial charge >= 0.3 is 59.7 Å². The molecule has 0 aliphatic carbocycles. The summed E-state index contributed by atoms with van der Waals surface area (Å²) in [5.41, 5.74) is 4.99. The van der Waals surface area contributed by atoms with Crippen LogP contribution in [0.1, 0.15) is 147 Å². The van der Waals surface area contributed by atoms with Gasteiger partial charge in [0.2, 0.25) is 29.0 Å². The lowest BCUT2D eigenvalue weighted by atomic mass is 9.85. The Morgan fingerprint density at radius 1 is 0.464 bits per heavy atom. The number of nitrogens with one attached hydrogen (secondary N) is 1. The van der Waals surface area contributed by atoms with Crippen LogP contribution in [-0.4, -0.2) is 317 Å². The molecule has 0 saturated carbocycles. The molecule has 3 aromatic rings. The number of aliphatic carboxylic acids is 9. The zero-order valence-corrected chi connectivity index (χ0v) is 61.6. The van der Waals surface area contributed by atoms with Crippen LogP contribution in [0.4, 0.5) is 5.69 Å². The van der Waals surface area contributed by atoms with Gasteiger partial charge in [0, 0.05) is 143 Å². The van der Waals surface area contributed by atoms with E-state index in [1.54, 1.807) is 6.07 Å². The maximum Gasteiger partial charge on any atom is 0.336 e. The first kappa shape index (κ1) is 86.1. The van der Waals surface area contributed by atoms with Gasteiger partial charge < -0.3 is 85.6 Å². The van der Waals surface area contributed by atoms with Crippen LogP contribution in [-0.2, 0) is 75.2 Å². The molecule has 3 aromatic carbocycles. The number of ether oxygens (including phenoxy) is 1. The molecule has 5 amide bonds. The number of amides is 5. The Labute approximate surface area is 631 Å². The van der Waals surface area contributed by atoms with E-state index in [2.05, 4.69) is 40.8 Å². The Morgan fingerprint density at radius 3 is 1.33 bits per heavy atom. The highest BCUT2D eigenvalue weighted by molar-refractivity contribution is 6.02. The summed E-state index contributed by atoms with van der Waals surface area (Å²) in [5, 5.41) is 103. The van der Waals surface area contributed by atoms with Gasteiger partial charge in [0.05, 0.1) is 50.9 Å². The van der Waals surface area contributed by atoms with E-state index in [1.165, 1.54) is 31.7 Å². The summed E-state index contributed by atoms with van der Waals surface area (Å²) in [5.74, 6) is -17.8. The Bertz CT molecular complexity index is 4080. The SMILES string of the molecule is CCN1CCCc2cc3c(cc21)Oc1cc2c(cc1=C3c1cc(C(=O)NCCCCCC(=O)N3CCCN(C(=O)CCC(C(=O)O)N(CC(=O)O)CC(=O)O)CCN(C(=O)CCC(C(=O)O)N(CC(=O)O)CC(=O)O)CCCN(C(=O)CCC(C(=O)O)N(CC(=O)O)CC(=O)O)CC3)ccc1C(=O)O)CCC[N+]=2CC. The van der Waals surface area contributed by atoms with Gasteiger partial charge in [-0.3, -0.25) is 81.8 Å². The lowest BCUT2D eigenvalue weighted by Crippen LogP contribution is -2.49. The number of rotatable bonds is 38. The van der Waals surface area contributed by atoms with Crippen molar-refractivity contribution in [2.45, 2.75) is 135 Å². The molecule has 4 heterocycles. The largest absolute Gasteiger partial charge is 0.480 e. The number of carboxylic acid groups (broad SMARTS) is 10. The van der Waals surface area contributed by atoms with Crippen molar-refractivity contribution in [2.75, 3.05) is 129 Å². The second-order valence-electron chi connectivity index (χ2n) is 27.4. The van der Waals surface area contributed by atoms with Crippen LogP contribution in [0.5, 0.6) is 11.5 Å². The lowest BCUT2D eigenvalue weighted by molar-refractivity contribution is -0.152. The molecule has 36 nitrogen and oxygen atoms in total. The molecule has 4 aliphatic heterocycles. The number of hydrogen-bond donors (Lipinski definition) is 11. The first-order chi connectivity index (χ1) is 52.3. The zero-order chi connectivity index (χ0) is 80.6. The highest BCUT2D eigenvalue weighted by atomic mass is 16.5. The van der Waals surface area contributed by atoms with Gasteiger partial charge in [0.25, 0.3) is 5.91 Å². The summed E-state index contributed by atoms with van der Waals surface area (Å²) < 4.78 is 9.05. The average Bonchev–Trinajstić information content (AvgIpc) is 0.729. The van der Waals surface area contributed by atoms with Crippen LogP contribution < -0.4 is 30.1 Å². The summed E-state index contributed by atoms with van der Waals surface area (Å²) in [4.78, 5) is 202. The second-order valence-corrected chi connectivity index (χ2v) is 27.4. The predicted molar refractivity (Wildman–Crippen MR) is 387 cm³/mol. The highest BCUT2D eigenvalue weighted by Crippen LogP contribution is 2.43. The maximum atomic E-state index is 14.5. The number of unbranched alkanes of at least 4 members (excludes halogenated alkanes) is 2. The Morgan fingerprint density at radius 2 is 0.909 bits per heavy atom. The fourth-order valence-corrected chi connectivity index (χ4v) is 14.6. The van der Waals surface area contributed by atoms with Crippen molar-refractivity contribution < 1.29 is 128 Å². The van der Waals surface area contributed by atoms with Gasteiger partial charge in [-0.1, -0.05) is 6.42 Å². The van der Waals surface area contributed by atoms with E-state index in [-0.39, 0.29) is 95.7 Å². The minimum Gasteiger partial charge on any atom is -0.480 e.